The van der Waals surface area contributed by atoms with Crippen LogP contribution in [-0.2, 0) is 13.1 Å². The van der Waals surface area contributed by atoms with Crippen molar-refractivity contribution >= 4 is 44.6 Å². The van der Waals surface area contributed by atoms with Crippen LogP contribution in [0.15, 0.2) is 34.1 Å². The summed E-state index contributed by atoms with van der Waals surface area (Å²) in [6, 6.07) is 8.56. The highest BCUT2D eigenvalue weighted by Crippen LogP contribution is 2.24. The first-order valence-corrected chi connectivity index (χ1v) is 7.43. The fraction of sp³-hybridized carbons (Fsp3) is 0.167. The summed E-state index contributed by atoms with van der Waals surface area (Å²) in [5.41, 5.74) is 0.860. The molecule has 2 aromatic rings. The average Bonchev–Trinajstić information content (AvgIpc) is 2.77. The minimum absolute atomic E-state index is 0.0101. The van der Waals surface area contributed by atoms with Crippen LogP contribution < -0.4 is 5.32 Å². The highest BCUT2D eigenvalue weighted by molar-refractivity contribution is 9.11. The largest absolute Gasteiger partial charge is 0.308 e. The lowest BCUT2D eigenvalue weighted by Crippen LogP contribution is -2.12. The maximum Gasteiger partial charge on any atom is 0.270 e. The second-order valence-corrected chi connectivity index (χ2v) is 6.80. The van der Waals surface area contributed by atoms with E-state index in [2.05, 4.69) is 21.2 Å². The maximum absolute atomic E-state index is 10.6. The molecule has 0 unspecified atom stereocenters. The standard InChI is InChI=1S/C12H10BrClN2O2S/c13-12-4-3-10(19-12)7-15-6-8-1-2-9(16(17)18)5-11(8)14/h1-5,15H,6-7H2. The summed E-state index contributed by atoms with van der Waals surface area (Å²) in [6.07, 6.45) is 0. The van der Waals surface area contributed by atoms with Crippen molar-refractivity contribution in [1.29, 1.82) is 0 Å². The third-order valence-corrected chi connectivity index (χ3v) is 4.47. The molecular weight excluding hydrogens is 352 g/mol. The van der Waals surface area contributed by atoms with E-state index in [0.717, 1.165) is 15.9 Å². The van der Waals surface area contributed by atoms with Gasteiger partial charge in [-0.3, -0.25) is 10.1 Å². The molecule has 0 bridgehead atoms. The Morgan fingerprint density at radius 2 is 2.11 bits per heavy atom. The summed E-state index contributed by atoms with van der Waals surface area (Å²) in [6.45, 7) is 1.32. The van der Waals surface area contributed by atoms with Crippen molar-refractivity contribution in [2.24, 2.45) is 0 Å². The van der Waals surface area contributed by atoms with Gasteiger partial charge >= 0.3 is 0 Å². The van der Waals surface area contributed by atoms with Gasteiger partial charge in [-0.25, -0.2) is 0 Å². The molecule has 0 atom stereocenters. The van der Waals surface area contributed by atoms with E-state index in [4.69, 9.17) is 11.6 Å². The number of nitrogens with zero attached hydrogens (tertiary/aromatic N) is 1. The van der Waals surface area contributed by atoms with Crippen molar-refractivity contribution in [3.05, 3.63) is 59.7 Å². The maximum atomic E-state index is 10.6. The van der Waals surface area contributed by atoms with E-state index in [1.54, 1.807) is 17.4 Å². The Hall–Kier alpha value is -0.950. The number of nitro benzene ring substituents is 1. The van der Waals surface area contributed by atoms with Crippen LogP contribution in [0, 0.1) is 10.1 Å². The first kappa shape index (κ1) is 14.5. The molecule has 0 spiro atoms. The molecule has 0 amide bonds. The number of nitro groups is 1. The Labute approximate surface area is 127 Å². The molecule has 7 heteroatoms. The number of nitrogens with one attached hydrogen (secondary N) is 1. The topological polar surface area (TPSA) is 55.2 Å². The van der Waals surface area contributed by atoms with Crippen LogP contribution in [0.5, 0.6) is 0 Å². The summed E-state index contributed by atoms with van der Waals surface area (Å²) in [7, 11) is 0. The van der Waals surface area contributed by atoms with Gasteiger partial charge in [0.2, 0.25) is 0 Å². The Morgan fingerprint density at radius 3 is 2.68 bits per heavy atom. The van der Waals surface area contributed by atoms with Crippen molar-refractivity contribution in [1.82, 2.24) is 5.32 Å². The molecule has 1 aromatic carbocycles. The third kappa shape index (κ3) is 4.01. The van der Waals surface area contributed by atoms with Crippen LogP contribution in [0.1, 0.15) is 10.4 Å². The Bertz CT molecular complexity index is 603. The lowest BCUT2D eigenvalue weighted by Gasteiger charge is -2.05. The highest BCUT2D eigenvalue weighted by Gasteiger charge is 2.09. The first-order valence-electron chi connectivity index (χ1n) is 5.44. The van der Waals surface area contributed by atoms with E-state index in [0.29, 0.717) is 11.6 Å². The van der Waals surface area contributed by atoms with Crippen molar-refractivity contribution in [3.8, 4) is 0 Å². The van der Waals surface area contributed by atoms with E-state index < -0.39 is 4.92 Å². The summed E-state index contributed by atoms with van der Waals surface area (Å²) in [4.78, 5) is 11.4. The van der Waals surface area contributed by atoms with Crippen LogP contribution in [0.4, 0.5) is 5.69 Å². The molecule has 1 N–H and O–H groups in total. The monoisotopic (exact) mass is 360 g/mol. The lowest BCUT2D eigenvalue weighted by atomic mass is 10.2. The zero-order valence-electron chi connectivity index (χ0n) is 9.73. The van der Waals surface area contributed by atoms with Gasteiger partial charge in [0.1, 0.15) is 0 Å². The van der Waals surface area contributed by atoms with Crippen LogP contribution in [0.2, 0.25) is 5.02 Å². The molecule has 4 nitrogen and oxygen atoms in total. The van der Waals surface area contributed by atoms with Crippen molar-refractivity contribution < 1.29 is 4.92 Å². The quantitative estimate of drug-likeness (QED) is 0.636. The van der Waals surface area contributed by atoms with Gasteiger partial charge in [0.05, 0.1) is 13.7 Å². The number of thiophene rings is 1. The molecule has 0 saturated carbocycles. The normalized spacial score (nSPS) is 10.6. The van der Waals surface area contributed by atoms with Gasteiger partial charge in [0.25, 0.3) is 5.69 Å². The molecule has 0 aliphatic heterocycles. The SMILES string of the molecule is O=[N+]([O-])c1ccc(CNCc2ccc(Br)s2)c(Cl)c1. The van der Waals surface area contributed by atoms with Gasteiger partial charge in [-0.1, -0.05) is 11.6 Å². The lowest BCUT2D eigenvalue weighted by molar-refractivity contribution is -0.384. The second kappa shape index (κ2) is 6.47. The van der Waals surface area contributed by atoms with Crippen molar-refractivity contribution in [2.45, 2.75) is 13.1 Å². The van der Waals surface area contributed by atoms with E-state index >= 15 is 0 Å². The molecule has 0 aliphatic carbocycles. The molecule has 19 heavy (non-hydrogen) atoms. The third-order valence-electron chi connectivity index (χ3n) is 2.49. The molecule has 0 fully saturated rings. The predicted molar refractivity (Wildman–Crippen MR) is 80.7 cm³/mol. The van der Waals surface area contributed by atoms with E-state index in [1.165, 1.54) is 17.0 Å². The predicted octanol–water partition coefficient (Wildman–Crippen LogP) is 4.36. The van der Waals surface area contributed by atoms with Crippen LogP contribution in [-0.4, -0.2) is 4.92 Å². The minimum atomic E-state index is -0.452. The fourth-order valence-corrected chi connectivity index (χ4v) is 3.25. The molecule has 100 valence electrons. The van der Waals surface area contributed by atoms with Crippen LogP contribution in [0.3, 0.4) is 0 Å². The van der Waals surface area contributed by atoms with Gasteiger partial charge in [-0.15, -0.1) is 11.3 Å². The molecule has 1 heterocycles. The number of hydrogen-bond acceptors (Lipinski definition) is 4. The van der Waals surface area contributed by atoms with Crippen molar-refractivity contribution in [2.75, 3.05) is 0 Å². The highest BCUT2D eigenvalue weighted by atomic mass is 79.9. The zero-order chi connectivity index (χ0) is 13.8. The first-order chi connectivity index (χ1) is 9.06. The fourth-order valence-electron chi connectivity index (χ4n) is 1.56. The molecule has 1 aromatic heterocycles. The van der Waals surface area contributed by atoms with Crippen molar-refractivity contribution in [3.63, 3.8) is 0 Å². The molecule has 0 saturated heterocycles. The van der Waals surface area contributed by atoms with Gasteiger partial charge < -0.3 is 5.32 Å². The number of benzene rings is 1. The smallest absolute Gasteiger partial charge is 0.270 e. The van der Waals surface area contributed by atoms with Gasteiger partial charge in [-0.2, -0.15) is 0 Å². The molecule has 0 aliphatic rings. The van der Waals surface area contributed by atoms with E-state index in [9.17, 15) is 10.1 Å². The summed E-state index contributed by atoms with van der Waals surface area (Å²) in [5, 5.41) is 14.3. The minimum Gasteiger partial charge on any atom is -0.308 e. The molecule has 2 rings (SSSR count). The Balaban J connectivity index is 1.94. The second-order valence-electron chi connectivity index (χ2n) is 3.84. The summed E-state index contributed by atoms with van der Waals surface area (Å²) < 4.78 is 1.10. The van der Waals surface area contributed by atoms with Crippen LogP contribution >= 0.6 is 38.9 Å². The Morgan fingerprint density at radius 1 is 1.32 bits per heavy atom. The number of non-ortho nitro benzene ring substituents is 1. The number of hydrogen-bond donors (Lipinski definition) is 1. The van der Waals surface area contributed by atoms with Gasteiger partial charge in [-0.05, 0) is 39.7 Å². The molecule has 0 radical (unpaired) electrons. The van der Waals surface area contributed by atoms with Gasteiger partial charge in [0, 0.05) is 30.1 Å². The summed E-state index contributed by atoms with van der Waals surface area (Å²) in [5.74, 6) is 0. The summed E-state index contributed by atoms with van der Waals surface area (Å²) >= 11 is 11.1. The van der Waals surface area contributed by atoms with E-state index in [-0.39, 0.29) is 5.69 Å². The van der Waals surface area contributed by atoms with Gasteiger partial charge in [0.15, 0.2) is 0 Å². The molecular formula is C12H10BrClN2O2S. The Kier molecular flexibility index (Phi) is 4.93. The van der Waals surface area contributed by atoms with Crippen LogP contribution in [0.25, 0.3) is 0 Å². The number of halogens is 2. The average molecular weight is 362 g/mol. The zero-order valence-corrected chi connectivity index (χ0v) is 12.9. The van der Waals surface area contributed by atoms with E-state index in [1.807, 2.05) is 12.1 Å². The number of rotatable bonds is 5.